The second-order valence-corrected chi connectivity index (χ2v) is 5.44. The summed E-state index contributed by atoms with van der Waals surface area (Å²) in [5, 5.41) is 0. The molecular weight excluding hydrogens is 204 g/mol. The lowest BCUT2D eigenvalue weighted by molar-refractivity contribution is 0.499. The standard InChI is InChI=1S/C15H20.C2H6/c1-11-6-7-14-9-12-4-2-3-5-13(12)10-15(14)8-11;1-2/h9-11H,2-8H2,1H3;1-2H3. The summed E-state index contributed by atoms with van der Waals surface area (Å²) in [5.41, 5.74) is 6.65. The van der Waals surface area contributed by atoms with E-state index in [0.29, 0.717) is 0 Å². The van der Waals surface area contributed by atoms with Crippen LogP contribution in [0.15, 0.2) is 12.1 Å². The average molecular weight is 230 g/mol. The zero-order valence-corrected chi connectivity index (χ0v) is 11.7. The molecule has 0 saturated carbocycles. The van der Waals surface area contributed by atoms with Gasteiger partial charge in [0.05, 0.1) is 0 Å². The zero-order chi connectivity index (χ0) is 12.3. The van der Waals surface area contributed by atoms with Gasteiger partial charge in [-0.15, -0.1) is 0 Å². The monoisotopic (exact) mass is 230 g/mol. The molecular formula is C17H26. The van der Waals surface area contributed by atoms with Crippen molar-refractivity contribution in [3.05, 3.63) is 34.4 Å². The van der Waals surface area contributed by atoms with Gasteiger partial charge < -0.3 is 0 Å². The predicted octanol–water partition coefficient (Wildman–Crippen LogP) is 4.72. The minimum atomic E-state index is 0.902. The van der Waals surface area contributed by atoms with E-state index in [2.05, 4.69) is 19.1 Å². The van der Waals surface area contributed by atoms with Crippen molar-refractivity contribution in [3.8, 4) is 0 Å². The first-order valence-corrected chi connectivity index (χ1v) is 7.46. The average Bonchev–Trinajstić information content (AvgIpc) is 2.38. The quantitative estimate of drug-likeness (QED) is 0.605. The molecule has 0 heteroatoms. The largest absolute Gasteiger partial charge is 0.0683 e. The van der Waals surface area contributed by atoms with Gasteiger partial charge in [-0.05, 0) is 73.1 Å². The summed E-state index contributed by atoms with van der Waals surface area (Å²) >= 11 is 0. The van der Waals surface area contributed by atoms with Crippen LogP contribution in [0.1, 0.15) is 62.3 Å². The van der Waals surface area contributed by atoms with Crippen LogP contribution < -0.4 is 0 Å². The van der Waals surface area contributed by atoms with Crippen molar-refractivity contribution in [2.75, 3.05) is 0 Å². The van der Waals surface area contributed by atoms with Gasteiger partial charge in [-0.1, -0.05) is 32.9 Å². The Labute approximate surface area is 106 Å². The van der Waals surface area contributed by atoms with Crippen LogP contribution in [0.25, 0.3) is 0 Å². The van der Waals surface area contributed by atoms with E-state index in [-0.39, 0.29) is 0 Å². The minimum Gasteiger partial charge on any atom is -0.0683 e. The normalized spacial score (nSPS) is 21.9. The van der Waals surface area contributed by atoms with Crippen LogP contribution in [-0.4, -0.2) is 0 Å². The first kappa shape index (κ1) is 12.7. The molecule has 1 unspecified atom stereocenters. The van der Waals surface area contributed by atoms with Gasteiger partial charge in [0.2, 0.25) is 0 Å². The Morgan fingerprint density at radius 1 is 0.824 bits per heavy atom. The molecule has 1 atom stereocenters. The second-order valence-electron chi connectivity index (χ2n) is 5.44. The number of benzene rings is 1. The lowest BCUT2D eigenvalue weighted by Gasteiger charge is -2.25. The molecule has 0 saturated heterocycles. The summed E-state index contributed by atoms with van der Waals surface area (Å²) in [5.74, 6) is 0.902. The number of aryl methyl sites for hydroxylation is 3. The van der Waals surface area contributed by atoms with Gasteiger partial charge in [0.1, 0.15) is 0 Å². The Hall–Kier alpha value is -0.780. The Morgan fingerprint density at radius 3 is 2.00 bits per heavy atom. The van der Waals surface area contributed by atoms with Crippen LogP contribution in [0, 0.1) is 5.92 Å². The van der Waals surface area contributed by atoms with E-state index in [1.165, 1.54) is 44.9 Å². The maximum atomic E-state index is 2.53. The molecule has 0 N–H and O–H groups in total. The molecule has 1 aromatic rings. The van der Waals surface area contributed by atoms with Crippen LogP contribution in [-0.2, 0) is 25.7 Å². The smallest absolute Gasteiger partial charge is 0.0250 e. The van der Waals surface area contributed by atoms with Crippen molar-refractivity contribution in [1.29, 1.82) is 0 Å². The number of hydrogen-bond acceptors (Lipinski definition) is 0. The summed E-state index contributed by atoms with van der Waals surface area (Å²) in [4.78, 5) is 0. The molecule has 0 nitrogen and oxygen atoms in total. The summed E-state index contributed by atoms with van der Waals surface area (Å²) in [7, 11) is 0. The molecule has 3 rings (SSSR count). The summed E-state index contributed by atoms with van der Waals surface area (Å²) in [6, 6.07) is 5.05. The lowest BCUT2D eigenvalue weighted by atomic mass is 9.80. The third kappa shape index (κ3) is 2.73. The van der Waals surface area contributed by atoms with E-state index in [4.69, 9.17) is 0 Å². The molecule has 0 aromatic heterocycles. The molecule has 1 aromatic carbocycles. The Bertz CT molecular complexity index is 376. The van der Waals surface area contributed by atoms with Gasteiger partial charge in [0.15, 0.2) is 0 Å². The molecule has 0 aliphatic heterocycles. The van der Waals surface area contributed by atoms with Gasteiger partial charge in [0, 0.05) is 0 Å². The molecule has 2 aliphatic carbocycles. The first-order valence-electron chi connectivity index (χ1n) is 7.46. The molecule has 0 bridgehead atoms. The predicted molar refractivity (Wildman–Crippen MR) is 75.6 cm³/mol. The van der Waals surface area contributed by atoms with Crippen molar-refractivity contribution in [2.24, 2.45) is 5.92 Å². The van der Waals surface area contributed by atoms with Crippen molar-refractivity contribution < 1.29 is 0 Å². The Morgan fingerprint density at radius 2 is 1.35 bits per heavy atom. The summed E-state index contributed by atoms with van der Waals surface area (Å²) in [6.45, 7) is 6.39. The second kappa shape index (κ2) is 5.71. The maximum absolute atomic E-state index is 2.53. The lowest BCUT2D eigenvalue weighted by Crippen LogP contribution is -2.14. The van der Waals surface area contributed by atoms with Crippen LogP contribution in [0.3, 0.4) is 0 Å². The van der Waals surface area contributed by atoms with Gasteiger partial charge in [0.25, 0.3) is 0 Å². The summed E-state index contributed by atoms with van der Waals surface area (Å²) in [6.07, 6.45) is 9.51. The van der Waals surface area contributed by atoms with Crippen LogP contribution in [0.5, 0.6) is 0 Å². The maximum Gasteiger partial charge on any atom is -0.0250 e. The number of rotatable bonds is 0. The minimum absolute atomic E-state index is 0.902. The number of fused-ring (bicyclic) bond motifs is 2. The fourth-order valence-electron chi connectivity index (χ4n) is 3.19. The van der Waals surface area contributed by atoms with Gasteiger partial charge >= 0.3 is 0 Å². The number of hydrogen-bond donors (Lipinski definition) is 0. The highest BCUT2D eigenvalue weighted by molar-refractivity contribution is 5.41. The fraction of sp³-hybridized carbons (Fsp3) is 0.647. The highest BCUT2D eigenvalue weighted by atomic mass is 14.2. The molecule has 2 aliphatic rings. The highest BCUT2D eigenvalue weighted by Gasteiger charge is 2.18. The van der Waals surface area contributed by atoms with E-state index in [1.807, 2.05) is 13.8 Å². The van der Waals surface area contributed by atoms with E-state index in [1.54, 1.807) is 22.3 Å². The molecule has 0 radical (unpaired) electrons. The van der Waals surface area contributed by atoms with Crippen molar-refractivity contribution in [2.45, 2.75) is 65.7 Å². The van der Waals surface area contributed by atoms with Crippen LogP contribution in [0.4, 0.5) is 0 Å². The van der Waals surface area contributed by atoms with Gasteiger partial charge in [-0.2, -0.15) is 0 Å². The molecule has 0 spiro atoms. The SMILES string of the molecule is CC.CC1CCc2cc3c(cc2C1)CCCC3. The molecule has 0 fully saturated rings. The van der Waals surface area contributed by atoms with E-state index < -0.39 is 0 Å². The fourth-order valence-corrected chi connectivity index (χ4v) is 3.19. The third-order valence-corrected chi connectivity index (χ3v) is 4.14. The Balaban J connectivity index is 0.000000514. The van der Waals surface area contributed by atoms with Gasteiger partial charge in [-0.25, -0.2) is 0 Å². The van der Waals surface area contributed by atoms with Crippen molar-refractivity contribution >= 4 is 0 Å². The first-order chi connectivity index (χ1) is 8.33. The Kier molecular flexibility index (Phi) is 4.25. The molecule has 17 heavy (non-hydrogen) atoms. The molecule has 0 amide bonds. The zero-order valence-electron chi connectivity index (χ0n) is 11.7. The van der Waals surface area contributed by atoms with Crippen molar-refractivity contribution in [3.63, 3.8) is 0 Å². The topological polar surface area (TPSA) is 0 Å². The van der Waals surface area contributed by atoms with E-state index in [9.17, 15) is 0 Å². The van der Waals surface area contributed by atoms with E-state index >= 15 is 0 Å². The van der Waals surface area contributed by atoms with E-state index in [0.717, 1.165) is 5.92 Å². The molecule has 0 heterocycles. The molecule has 94 valence electrons. The van der Waals surface area contributed by atoms with Crippen LogP contribution >= 0.6 is 0 Å². The third-order valence-electron chi connectivity index (χ3n) is 4.14. The highest BCUT2D eigenvalue weighted by Crippen LogP contribution is 2.31. The summed E-state index contributed by atoms with van der Waals surface area (Å²) < 4.78 is 0. The van der Waals surface area contributed by atoms with Crippen LogP contribution in [0.2, 0.25) is 0 Å². The van der Waals surface area contributed by atoms with Gasteiger partial charge in [-0.3, -0.25) is 0 Å². The van der Waals surface area contributed by atoms with Crippen molar-refractivity contribution in [1.82, 2.24) is 0 Å².